The molecule has 10 nitrogen and oxygen atoms in total. The Bertz CT molecular complexity index is 1230. The number of nitrogens with one attached hydrogen (secondary N) is 2. The lowest BCUT2D eigenvalue weighted by atomic mass is 9.66. The average molecular weight is 471 g/mol. The molecular formula is C22H19F2N5O5. The van der Waals surface area contributed by atoms with Crippen LogP contribution >= 0.6 is 0 Å². The Morgan fingerprint density at radius 1 is 1.15 bits per heavy atom. The number of carbonyl (C=O) groups is 4. The number of amides is 4. The fourth-order valence-electron chi connectivity index (χ4n) is 5.26. The van der Waals surface area contributed by atoms with Gasteiger partial charge in [-0.3, -0.25) is 30.0 Å². The number of ketones is 1. The van der Waals surface area contributed by atoms with Gasteiger partial charge in [-0.1, -0.05) is 0 Å². The molecule has 1 aromatic carbocycles. The summed E-state index contributed by atoms with van der Waals surface area (Å²) in [5.74, 6) is -5.31. The second kappa shape index (κ2) is 7.62. The second-order valence-corrected chi connectivity index (χ2v) is 8.61. The molecule has 5 rings (SSSR count). The standard InChI is InChI=1S/C22H19F2N5O5/c1-9-8-29-16-11(5-12(14(23)15(16)24)17(30)13-7-25-3-4-26-13)6-22(18(29)10(2)34-9)19(31)27-21(33)28-20(22)32/h3-5,7,9-10,18H,6,8H2,1-2H3,(H2,27,28,31,32,33)/t9-,10+,18-/m1/s1. The van der Waals surface area contributed by atoms with Gasteiger partial charge in [0.15, 0.2) is 17.0 Å². The number of fused-ring (bicyclic) bond motifs is 4. The first kappa shape index (κ1) is 22.0. The summed E-state index contributed by atoms with van der Waals surface area (Å²) in [4.78, 5) is 60.0. The number of nitrogens with zero attached hydrogens (tertiary/aromatic N) is 3. The van der Waals surface area contributed by atoms with Gasteiger partial charge in [-0.25, -0.2) is 18.6 Å². The number of carbonyl (C=O) groups excluding carboxylic acids is 4. The Hall–Kier alpha value is -3.80. The lowest BCUT2D eigenvalue weighted by Crippen LogP contribution is -2.75. The summed E-state index contributed by atoms with van der Waals surface area (Å²) in [5.41, 5.74) is -2.76. The summed E-state index contributed by atoms with van der Waals surface area (Å²) >= 11 is 0. The van der Waals surface area contributed by atoms with Gasteiger partial charge in [0.1, 0.15) is 5.69 Å². The van der Waals surface area contributed by atoms with Crippen molar-refractivity contribution in [3.05, 3.63) is 53.1 Å². The van der Waals surface area contributed by atoms with Gasteiger partial charge in [-0.05, 0) is 25.5 Å². The summed E-state index contributed by atoms with van der Waals surface area (Å²) < 4.78 is 36.6. The van der Waals surface area contributed by atoms with Gasteiger partial charge < -0.3 is 9.64 Å². The third-order valence-corrected chi connectivity index (χ3v) is 6.51. The highest BCUT2D eigenvalue weighted by Crippen LogP contribution is 2.48. The molecule has 1 spiro atoms. The van der Waals surface area contributed by atoms with Crippen molar-refractivity contribution in [2.24, 2.45) is 5.41 Å². The van der Waals surface area contributed by atoms with E-state index in [0.717, 1.165) is 12.3 Å². The van der Waals surface area contributed by atoms with Gasteiger partial charge in [0.25, 0.3) is 0 Å². The van der Waals surface area contributed by atoms with E-state index >= 15 is 8.78 Å². The zero-order valence-electron chi connectivity index (χ0n) is 18.1. The number of rotatable bonds is 2. The highest BCUT2D eigenvalue weighted by molar-refractivity contribution is 6.20. The van der Waals surface area contributed by atoms with E-state index in [9.17, 15) is 19.2 Å². The molecule has 0 bridgehead atoms. The lowest BCUT2D eigenvalue weighted by Gasteiger charge is -2.55. The number of hydrogen-bond donors (Lipinski definition) is 2. The fraction of sp³-hybridized carbons (Fsp3) is 0.364. The molecule has 1 aromatic heterocycles. The van der Waals surface area contributed by atoms with Crippen molar-refractivity contribution in [1.29, 1.82) is 0 Å². The molecule has 4 amide bonds. The number of morpholine rings is 1. The largest absolute Gasteiger partial charge is 0.372 e. The molecule has 3 aliphatic heterocycles. The molecule has 0 unspecified atom stereocenters. The predicted molar refractivity (Wildman–Crippen MR) is 111 cm³/mol. The molecule has 0 saturated carbocycles. The highest BCUT2D eigenvalue weighted by atomic mass is 19.2. The van der Waals surface area contributed by atoms with Crippen LogP contribution in [0.15, 0.2) is 24.7 Å². The number of ether oxygens (including phenoxy) is 1. The smallest absolute Gasteiger partial charge is 0.328 e. The molecule has 0 aliphatic carbocycles. The number of anilines is 1. The Kier molecular flexibility index (Phi) is 4.93. The molecule has 176 valence electrons. The second-order valence-electron chi connectivity index (χ2n) is 8.61. The topological polar surface area (TPSA) is 131 Å². The highest BCUT2D eigenvalue weighted by Gasteiger charge is 2.63. The fourth-order valence-corrected chi connectivity index (χ4v) is 5.26. The summed E-state index contributed by atoms with van der Waals surface area (Å²) in [6.07, 6.45) is 2.12. The third-order valence-electron chi connectivity index (χ3n) is 6.51. The summed E-state index contributed by atoms with van der Waals surface area (Å²) in [6.45, 7) is 3.39. The SMILES string of the molecule is C[C@@H]1CN2c3c(cc(C(=O)c4cnccn4)c(F)c3F)CC3(C(=O)NC(=O)NC3=O)[C@H]2[C@H](C)O1. The molecule has 0 radical (unpaired) electrons. The van der Waals surface area contributed by atoms with Crippen molar-refractivity contribution in [3.8, 4) is 0 Å². The summed E-state index contributed by atoms with van der Waals surface area (Å²) in [7, 11) is 0. The van der Waals surface area contributed by atoms with Gasteiger partial charge in [-0.15, -0.1) is 0 Å². The molecule has 4 heterocycles. The van der Waals surface area contributed by atoms with Crippen LogP contribution in [0.25, 0.3) is 0 Å². The number of imide groups is 2. The Labute approximate surface area is 191 Å². The summed E-state index contributed by atoms with van der Waals surface area (Å²) in [5, 5.41) is 4.22. The number of barbiturate groups is 1. The molecular weight excluding hydrogens is 452 g/mol. The van der Waals surface area contributed by atoms with E-state index in [1.54, 1.807) is 13.8 Å². The van der Waals surface area contributed by atoms with E-state index in [4.69, 9.17) is 4.74 Å². The van der Waals surface area contributed by atoms with Crippen molar-refractivity contribution < 1.29 is 32.7 Å². The Morgan fingerprint density at radius 2 is 1.85 bits per heavy atom. The van der Waals surface area contributed by atoms with Crippen LogP contribution in [0.2, 0.25) is 0 Å². The molecule has 2 N–H and O–H groups in total. The van der Waals surface area contributed by atoms with E-state index in [0.29, 0.717) is 0 Å². The van der Waals surface area contributed by atoms with Crippen LogP contribution in [0.5, 0.6) is 0 Å². The van der Waals surface area contributed by atoms with Crippen molar-refractivity contribution in [3.63, 3.8) is 0 Å². The average Bonchev–Trinajstić information content (AvgIpc) is 2.79. The lowest BCUT2D eigenvalue weighted by molar-refractivity contribution is -0.153. The van der Waals surface area contributed by atoms with E-state index < -0.39 is 64.5 Å². The number of aromatic nitrogens is 2. The Morgan fingerprint density at radius 3 is 2.50 bits per heavy atom. The first-order chi connectivity index (χ1) is 16.1. The summed E-state index contributed by atoms with van der Waals surface area (Å²) in [6, 6.07) is -0.871. The maximum Gasteiger partial charge on any atom is 0.328 e. The van der Waals surface area contributed by atoms with Crippen molar-refractivity contribution in [2.75, 3.05) is 11.4 Å². The van der Waals surface area contributed by atoms with Gasteiger partial charge >= 0.3 is 6.03 Å². The predicted octanol–water partition coefficient (Wildman–Crippen LogP) is 0.876. The molecule has 3 atom stereocenters. The van der Waals surface area contributed by atoms with Crippen LogP contribution in [-0.4, -0.2) is 58.4 Å². The minimum atomic E-state index is -1.88. The van der Waals surface area contributed by atoms with Gasteiger partial charge in [-0.2, -0.15) is 0 Å². The quantitative estimate of drug-likeness (QED) is 0.488. The maximum atomic E-state index is 15.6. The van der Waals surface area contributed by atoms with Crippen molar-refractivity contribution >= 4 is 29.3 Å². The van der Waals surface area contributed by atoms with Crippen molar-refractivity contribution in [1.82, 2.24) is 20.6 Å². The maximum absolute atomic E-state index is 15.6. The molecule has 12 heteroatoms. The first-order valence-corrected chi connectivity index (χ1v) is 10.6. The zero-order valence-corrected chi connectivity index (χ0v) is 18.1. The van der Waals surface area contributed by atoms with Gasteiger partial charge in [0, 0.05) is 25.4 Å². The zero-order chi connectivity index (χ0) is 24.4. The van der Waals surface area contributed by atoms with Crippen LogP contribution in [0.1, 0.15) is 35.5 Å². The minimum absolute atomic E-state index is 0.0477. The Balaban J connectivity index is 1.72. The van der Waals surface area contributed by atoms with E-state index in [1.165, 1.54) is 17.3 Å². The van der Waals surface area contributed by atoms with Crippen LogP contribution in [0.4, 0.5) is 19.3 Å². The number of hydrogen-bond acceptors (Lipinski definition) is 8. The molecule has 2 saturated heterocycles. The van der Waals surface area contributed by atoms with Crippen molar-refractivity contribution in [2.45, 2.75) is 38.5 Å². The number of halogens is 2. The monoisotopic (exact) mass is 471 g/mol. The van der Waals surface area contributed by atoms with Crippen LogP contribution in [0, 0.1) is 17.0 Å². The van der Waals surface area contributed by atoms with Gasteiger partial charge in [0.2, 0.25) is 17.6 Å². The first-order valence-electron chi connectivity index (χ1n) is 10.6. The third kappa shape index (κ3) is 3.01. The van der Waals surface area contributed by atoms with Crippen LogP contribution in [-0.2, 0) is 20.7 Å². The number of urea groups is 1. The molecule has 2 fully saturated rings. The van der Waals surface area contributed by atoms with E-state index in [-0.39, 0.29) is 29.9 Å². The molecule has 34 heavy (non-hydrogen) atoms. The molecule has 2 aromatic rings. The van der Waals surface area contributed by atoms with E-state index in [2.05, 4.69) is 20.6 Å². The minimum Gasteiger partial charge on any atom is -0.372 e. The van der Waals surface area contributed by atoms with Gasteiger partial charge in [0.05, 0.1) is 35.7 Å². The normalized spacial score (nSPS) is 25.4. The van der Waals surface area contributed by atoms with E-state index in [1.807, 2.05) is 0 Å². The molecule has 3 aliphatic rings. The van der Waals surface area contributed by atoms with Crippen LogP contribution in [0.3, 0.4) is 0 Å². The van der Waals surface area contributed by atoms with Crippen LogP contribution < -0.4 is 15.5 Å². The number of benzene rings is 1.